The van der Waals surface area contributed by atoms with Crippen LogP contribution in [0.3, 0.4) is 0 Å². The minimum absolute atomic E-state index is 0.00533. The van der Waals surface area contributed by atoms with Gasteiger partial charge in [0.25, 0.3) is 11.8 Å². The fourth-order valence-corrected chi connectivity index (χ4v) is 9.63. The van der Waals surface area contributed by atoms with Crippen molar-refractivity contribution in [3.05, 3.63) is 74.4 Å². The summed E-state index contributed by atoms with van der Waals surface area (Å²) in [6.07, 6.45) is 9.23. The van der Waals surface area contributed by atoms with Gasteiger partial charge in [0.15, 0.2) is 12.4 Å². The largest absolute Gasteiger partial charge is 0.506 e. The molecule has 14 heteroatoms. The number of ether oxygens (including phenoxy) is 3. The van der Waals surface area contributed by atoms with E-state index in [2.05, 4.69) is 44.7 Å². The normalized spacial score (nSPS) is 18.5. The summed E-state index contributed by atoms with van der Waals surface area (Å²) >= 11 is 7.42. The average Bonchev–Trinajstić information content (AvgIpc) is 3.67. The summed E-state index contributed by atoms with van der Waals surface area (Å²) in [7, 11) is 0. The molecular formula is C43H56ClN5O7S. The van der Waals surface area contributed by atoms with E-state index in [0.717, 1.165) is 70.1 Å². The summed E-state index contributed by atoms with van der Waals surface area (Å²) in [6, 6.07) is 16.0. The maximum Gasteiger partial charge on any atom is 0.264 e. The Morgan fingerprint density at radius 3 is 2.65 bits per heavy atom. The third-order valence-corrected chi connectivity index (χ3v) is 13.0. The monoisotopic (exact) mass is 821 g/mol. The number of piperidine rings is 1. The molecule has 2 aromatic carbocycles. The first-order chi connectivity index (χ1) is 27.7. The van der Waals surface area contributed by atoms with Gasteiger partial charge in [-0.15, -0.1) is 11.3 Å². The number of phenolic OH excluding ortho intramolecular Hbond substituents is 1. The summed E-state index contributed by atoms with van der Waals surface area (Å²) in [5.41, 5.74) is 3.46. The molecule has 308 valence electrons. The third-order valence-electron chi connectivity index (χ3n) is 11.7. The minimum Gasteiger partial charge on any atom is -0.506 e. The molecule has 0 atom stereocenters. The van der Waals surface area contributed by atoms with E-state index in [1.54, 1.807) is 12.1 Å². The van der Waals surface area contributed by atoms with Crippen molar-refractivity contribution in [1.29, 1.82) is 0 Å². The number of thiophene rings is 1. The number of likely N-dealkylation sites (tertiary alicyclic amines) is 1. The van der Waals surface area contributed by atoms with Gasteiger partial charge in [0.2, 0.25) is 5.91 Å². The number of hydrogen-bond acceptors (Lipinski definition) is 10. The zero-order valence-electron chi connectivity index (χ0n) is 32.8. The molecule has 7 rings (SSSR count). The van der Waals surface area contributed by atoms with Crippen LogP contribution in [0.4, 0.5) is 5.69 Å². The van der Waals surface area contributed by atoms with Crippen LogP contribution in [0.15, 0.2) is 48.5 Å². The molecule has 2 saturated heterocycles. The van der Waals surface area contributed by atoms with E-state index < -0.39 is 0 Å². The Balaban J connectivity index is 0.811. The van der Waals surface area contributed by atoms with Crippen molar-refractivity contribution in [3.8, 4) is 11.5 Å². The van der Waals surface area contributed by atoms with Crippen molar-refractivity contribution in [2.75, 3.05) is 77.6 Å². The van der Waals surface area contributed by atoms with Gasteiger partial charge in [0, 0.05) is 45.3 Å². The standard InChI is InChI=1S/C43H56ClN5O7S/c44-37-12-11-36(57-37)42(53)48-23-26-56-43(30-48)16-20-47(21-17-43)28-32-6-4-5-31(27-32)14-24-54-25-15-39(52)49(34-7-2-1-3-8-34)22-19-45-18-13-33-9-10-35(50)40-41(33)55-29-38(51)46-40/h4-6,9-12,27,34,45,50H,1-3,7-8,13-26,28-30H2,(H,46,51). The first-order valence-electron chi connectivity index (χ1n) is 20.6. The maximum absolute atomic E-state index is 13.5. The van der Waals surface area contributed by atoms with Crippen molar-refractivity contribution in [2.24, 2.45) is 0 Å². The highest BCUT2D eigenvalue weighted by Gasteiger charge is 2.41. The lowest BCUT2D eigenvalue weighted by Gasteiger charge is -2.47. The molecule has 1 aliphatic carbocycles. The van der Waals surface area contributed by atoms with Crippen molar-refractivity contribution < 1.29 is 33.7 Å². The molecule has 3 fully saturated rings. The number of anilines is 1. The van der Waals surface area contributed by atoms with E-state index >= 15 is 0 Å². The topological polar surface area (TPSA) is 133 Å². The molecule has 4 aliphatic rings. The number of hydrogen-bond donors (Lipinski definition) is 3. The van der Waals surface area contributed by atoms with Crippen LogP contribution in [-0.2, 0) is 38.4 Å². The van der Waals surface area contributed by atoms with E-state index in [9.17, 15) is 19.5 Å². The Hall–Kier alpha value is -3.72. The van der Waals surface area contributed by atoms with Crippen molar-refractivity contribution in [3.63, 3.8) is 0 Å². The van der Waals surface area contributed by atoms with Gasteiger partial charge in [-0.2, -0.15) is 0 Å². The number of nitrogens with one attached hydrogen (secondary N) is 2. The Labute approximate surface area is 344 Å². The molecule has 3 amide bonds. The molecule has 57 heavy (non-hydrogen) atoms. The number of halogens is 1. The summed E-state index contributed by atoms with van der Waals surface area (Å²) in [6.45, 7) is 7.39. The van der Waals surface area contributed by atoms with Crippen LogP contribution in [0.25, 0.3) is 0 Å². The molecule has 1 saturated carbocycles. The van der Waals surface area contributed by atoms with Gasteiger partial charge in [0.05, 0.1) is 47.6 Å². The fourth-order valence-electron chi connectivity index (χ4n) is 8.62. The molecule has 0 radical (unpaired) electrons. The van der Waals surface area contributed by atoms with Crippen LogP contribution in [0.2, 0.25) is 4.34 Å². The highest BCUT2D eigenvalue weighted by molar-refractivity contribution is 7.18. The first-order valence-corrected chi connectivity index (χ1v) is 21.8. The van der Waals surface area contributed by atoms with E-state index in [0.29, 0.717) is 86.0 Å². The summed E-state index contributed by atoms with van der Waals surface area (Å²) in [5.74, 6) is 0.431. The number of aromatic hydroxyl groups is 1. The average molecular weight is 822 g/mol. The Morgan fingerprint density at radius 2 is 1.84 bits per heavy atom. The molecule has 1 aromatic heterocycles. The van der Waals surface area contributed by atoms with Gasteiger partial charge < -0.3 is 39.8 Å². The molecule has 0 unspecified atom stereocenters. The van der Waals surface area contributed by atoms with Crippen LogP contribution in [0.5, 0.6) is 11.5 Å². The number of phenols is 1. The quantitative estimate of drug-likeness (QED) is 0.120. The van der Waals surface area contributed by atoms with E-state index in [1.807, 2.05) is 17.0 Å². The summed E-state index contributed by atoms with van der Waals surface area (Å²) in [4.78, 5) is 45.5. The lowest BCUT2D eigenvalue weighted by atomic mass is 9.89. The van der Waals surface area contributed by atoms with Gasteiger partial charge in [-0.05, 0) is 80.0 Å². The van der Waals surface area contributed by atoms with E-state index in [1.165, 1.54) is 28.9 Å². The molecule has 4 heterocycles. The van der Waals surface area contributed by atoms with E-state index in [4.69, 9.17) is 25.8 Å². The first kappa shape index (κ1) is 41.4. The maximum atomic E-state index is 13.5. The Kier molecular flexibility index (Phi) is 14.4. The smallest absolute Gasteiger partial charge is 0.264 e. The van der Waals surface area contributed by atoms with Crippen LogP contribution < -0.4 is 15.4 Å². The van der Waals surface area contributed by atoms with E-state index in [-0.39, 0.29) is 41.7 Å². The van der Waals surface area contributed by atoms with Crippen LogP contribution in [-0.4, -0.2) is 121 Å². The predicted octanol–water partition coefficient (Wildman–Crippen LogP) is 5.89. The van der Waals surface area contributed by atoms with Crippen LogP contribution in [0, 0.1) is 0 Å². The zero-order chi connectivity index (χ0) is 39.6. The lowest BCUT2D eigenvalue weighted by Crippen LogP contribution is -2.57. The molecule has 12 nitrogen and oxygen atoms in total. The van der Waals surface area contributed by atoms with Gasteiger partial charge in [0.1, 0.15) is 11.4 Å². The Bertz CT molecular complexity index is 1840. The number of carbonyl (C=O) groups is 3. The molecule has 1 spiro atoms. The lowest BCUT2D eigenvalue weighted by molar-refractivity contribution is -0.135. The predicted molar refractivity (Wildman–Crippen MR) is 221 cm³/mol. The van der Waals surface area contributed by atoms with Gasteiger partial charge in [-0.25, -0.2) is 0 Å². The minimum atomic E-state index is -0.287. The molecular weight excluding hydrogens is 766 g/mol. The number of morpholine rings is 1. The summed E-state index contributed by atoms with van der Waals surface area (Å²) < 4.78 is 18.6. The molecule has 3 N–H and O–H groups in total. The van der Waals surface area contributed by atoms with Crippen LogP contribution in [0.1, 0.15) is 77.7 Å². The molecule has 3 aliphatic heterocycles. The number of benzene rings is 2. The number of nitrogens with zero attached hydrogens (tertiary/aromatic N) is 3. The molecule has 0 bridgehead atoms. The second-order valence-corrected chi connectivity index (χ2v) is 17.4. The second kappa shape index (κ2) is 19.8. The van der Waals surface area contributed by atoms with Gasteiger partial charge in [-0.1, -0.05) is 61.2 Å². The molecule has 3 aromatic rings. The number of rotatable bonds is 16. The number of carbonyl (C=O) groups excluding carboxylic acids is 3. The van der Waals surface area contributed by atoms with Gasteiger partial charge in [-0.3, -0.25) is 19.3 Å². The zero-order valence-corrected chi connectivity index (χ0v) is 34.3. The number of amides is 3. The van der Waals surface area contributed by atoms with Gasteiger partial charge >= 0.3 is 0 Å². The SMILES string of the molecule is O=C1COc2c(CCNCCN(C(=O)CCOCCc3cccc(CN4CCC5(CC4)CN(C(=O)c4ccc(Cl)s4)CCO5)c3)C3CCCCC3)ccc(O)c2N1. The van der Waals surface area contributed by atoms with Crippen molar-refractivity contribution in [2.45, 2.75) is 82.4 Å². The highest BCUT2D eigenvalue weighted by Crippen LogP contribution is 2.39. The third kappa shape index (κ3) is 11.1. The highest BCUT2D eigenvalue weighted by atomic mass is 35.5. The fraction of sp³-hybridized carbons (Fsp3) is 0.558. The second-order valence-electron chi connectivity index (χ2n) is 15.7. The van der Waals surface area contributed by atoms with Crippen molar-refractivity contribution >= 4 is 46.3 Å². The summed E-state index contributed by atoms with van der Waals surface area (Å²) in [5, 5.41) is 16.3. The Morgan fingerprint density at radius 1 is 1.02 bits per heavy atom. The van der Waals surface area contributed by atoms with Crippen molar-refractivity contribution in [1.82, 2.24) is 20.0 Å². The number of fused-ring (bicyclic) bond motifs is 1. The van der Waals surface area contributed by atoms with Crippen LogP contribution >= 0.6 is 22.9 Å².